The Morgan fingerprint density at radius 1 is 0.762 bits per heavy atom. The highest BCUT2D eigenvalue weighted by Gasteiger charge is 2.12. The van der Waals surface area contributed by atoms with Crippen LogP contribution >= 0.6 is 23.2 Å². The van der Waals surface area contributed by atoms with Crippen LogP contribution in [0.15, 0.2) is 42.5 Å². The van der Waals surface area contributed by atoms with Crippen molar-refractivity contribution in [2.75, 3.05) is 0 Å². The third kappa shape index (κ3) is 4.76. The molecule has 0 fully saturated rings. The van der Waals surface area contributed by atoms with Gasteiger partial charge < -0.3 is 0 Å². The van der Waals surface area contributed by atoms with E-state index in [9.17, 15) is 0 Å². The number of rotatable bonds is 4. The Morgan fingerprint density at radius 3 is 1.90 bits per heavy atom. The van der Waals surface area contributed by atoms with Crippen LogP contribution in [0.1, 0.15) is 43.9 Å². The zero-order valence-electron chi connectivity index (χ0n) is 12.9. The Labute approximate surface area is 138 Å². The molecule has 0 unspecified atom stereocenters. The van der Waals surface area contributed by atoms with Gasteiger partial charge in [-0.15, -0.1) is 0 Å². The van der Waals surface area contributed by atoms with E-state index in [-0.39, 0.29) is 5.41 Å². The summed E-state index contributed by atoms with van der Waals surface area (Å²) in [6.45, 7) is 6.73. The Balaban J connectivity index is 1.90. The standard InChI is InChI=1S/C19H22Cl2/c1-19(2,3)16-10-7-14(8-11-16)5-4-6-15-9-12-17(20)18(21)13-15/h7-13H,4-6H2,1-3H3. The van der Waals surface area contributed by atoms with Crippen molar-refractivity contribution < 1.29 is 0 Å². The van der Waals surface area contributed by atoms with Gasteiger partial charge in [0.15, 0.2) is 0 Å². The SMILES string of the molecule is CC(C)(C)c1ccc(CCCc2ccc(Cl)c(Cl)c2)cc1. The number of benzene rings is 2. The monoisotopic (exact) mass is 320 g/mol. The van der Waals surface area contributed by atoms with E-state index in [2.05, 4.69) is 51.1 Å². The van der Waals surface area contributed by atoms with Crippen LogP contribution in [0.5, 0.6) is 0 Å². The predicted molar refractivity (Wildman–Crippen MR) is 93.6 cm³/mol. The van der Waals surface area contributed by atoms with Crippen molar-refractivity contribution in [2.45, 2.75) is 45.4 Å². The van der Waals surface area contributed by atoms with Crippen molar-refractivity contribution in [3.8, 4) is 0 Å². The molecule has 0 amide bonds. The molecule has 0 aromatic heterocycles. The van der Waals surface area contributed by atoms with E-state index in [1.165, 1.54) is 16.7 Å². The molecule has 0 bridgehead atoms. The largest absolute Gasteiger partial charge is 0.0827 e. The van der Waals surface area contributed by atoms with Crippen LogP contribution in [0.2, 0.25) is 10.0 Å². The molecule has 0 aliphatic rings. The first kappa shape index (κ1) is 16.4. The van der Waals surface area contributed by atoms with Crippen LogP contribution in [-0.2, 0) is 18.3 Å². The summed E-state index contributed by atoms with van der Waals surface area (Å²) in [5.74, 6) is 0. The molecule has 21 heavy (non-hydrogen) atoms. The van der Waals surface area contributed by atoms with Gasteiger partial charge in [0.1, 0.15) is 0 Å². The van der Waals surface area contributed by atoms with Crippen LogP contribution in [0.4, 0.5) is 0 Å². The minimum Gasteiger partial charge on any atom is -0.0827 e. The molecule has 0 aliphatic carbocycles. The van der Waals surface area contributed by atoms with Gasteiger partial charge in [0.05, 0.1) is 10.0 Å². The highest BCUT2D eigenvalue weighted by Crippen LogP contribution is 2.24. The van der Waals surface area contributed by atoms with Crippen LogP contribution < -0.4 is 0 Å². The fourth-order valence-electron chi connectivity index (χ4n) is 2.36. The summed E-state index contributed by atoms with van der Waals surface area (Å²) >= 11 is 12.0. The zero-order valence-corrected chi connectivity index (χ0v) is 14.4. The van der Waals surface area contributed by atoms with Crippen molar-refractivity contribution in [3.63, 3.8) is 0 Å². The van der Waals surface area contributed by atoms with Crippen LogP contribution in [0.3, 0.4) is 0 Å². The molecule has 0 radical (unpaired) electrons. The second-order valence-electron chi connectivity index (χ2n) is 6.55. The molecular weight excluding hydrogens is 299 g/mol. The molecule has 2 aromatic carbocycles. The van der Waals surface area contributed by atoms with Gasteiger partial charge in [-0.1, -0.05) is 74.3 Å². The molecule has 2 heteroatoms. The van der Waals surface area contributed by atoms with E-state index >= 15 is 0 Å². The maximum Gasteiger partial charge on any atom is 0.0595 e. The van der Waals surface area contributed by atoms with Gasteiger partial charge in [0, 0.05) is 0 Å². The van der Waals surface area contributed by atoms with Crippen LogP contribution in [-0.4, -0.2) is 0 Å². The predicted octanol–water partition coefficient (Wildman–Crippen LogP) is 6.47. The summed E-state index contributed by atoms with van der Waals surface area (Å²) < 4.78 is 0. The first-order valence-corrected chi connectivity index (χ1v) is 8.15. The van der Waals surface area contributed by atoms with E-state index in [1.807, 2.05) is 12.1 Å². The summed E-state index contributed by atoms with van der Waals surface area (Å²) in [5.41, 5.74) is 4.24. The second-order valence-corrected chi connectivity index (χ2v) is 7.36. The first-order valence-electron chi connectivity index (χ1n) is 7.39. The summed E-state index contributed by atoms with van der Waals surface area (Å²) in [6.07, 6.45) is 3.23. The third-order valence-electron chi connectivity index (χ3n) is 3.73. The van der Waals surface area contributed by atoms with Gasteiger partial charge in [-0.2, -0.15) is 0 Å². The van der Waals surface area contributed by atoms with Gasteiger partial charge in [-0.05, 0) is 53.5 Å². The normalized spacial score (nSPS) is 11.7. The Hall–Kier alpha value is -0.980. The minimum absolute atomic E-state index is 0.221. The molecular formula is C19H22Cl2. The van der Waals surface area contributed by atoms with E-state index in [1.54, 1.807) is 0 Å². The average molecular weight is 321 g/mol. The Morgan fingerprint density at radius 2 is 1.33 bits per heavy atom. The number of hydrogen-bond donors (Lipinski definition) is 0. The molecule has 2 aromatic rings. The maximum absolute atomic E-state index is 6.04. The van der Waals surface area contributed by atoms with Crippen molar-refractivity contribution in [3.05, 3.63) is 69.2 Å². The van der Waals surface area contributed by atoms with Gasteiger partial charge in [0.2, 0.25) is 0 Å². The number of halogens is 2. The lowest BCUT2D eigenvalue weighted by Crippen LogP contribution is -2.10. The average Bonchev–Trinajstić information content (AvgIpc) is 2.42. The highest BCUT2D eigenvalue weighted by molar-refractivity contribution is 6.42. The van der Waals surface area contributed by atoms with Gasteiger partial charge in [-0.3, -0.25) is 0 Å². The topological polar surface area (TPSA) is 0 Å². The smallest absolute Gasteiger partial charge is 0.0595 e. The first-order chi connectivity index (χ1) is 9.86. The summed E-state index contributed by atoms with van der Waals surface area (Å²) in [5, 5.41) is 1.27. The zero-order chi connectivity index (χ0) is 15.5. The third-order valence-corrected chi connectivity index (χ3v) is 4.47. The summed E-state index contributed by atoms with van der Waals surface area (Å²) in [6, 6.07) is 14.9. The molecule has 0 spiro atoms. The summed E-state index contributed by atoms with van der Waals surface area (Å²) in [7, 11) is 0. The van der Waals surface area contributed by atoms with E-state index in [0.29, 0.717) is 10.0 Å². The fourth-order valence-corrected chi connectivity index (χ4v) is 2.68. The van der Waals surface area contributed by atoms with E-state index in [0.717, 1.165) is 19.3 Å². The Kier molecular flexibility index (Phi) is 5.35. The lowest BCUT2D eigenvalue weighted by atomic mass is 9.86. The lowest BCUT2D eigenvalue weighted by Gasteiger charge is -2.19. The molecule has 0 nitrogen and oxygen atoms in total. The molecule has 0 heterocycles. The quantitative estimate of drug-likeness (QED) is 0.605. The molecule has 112 valence electrons. The van der Waals surface area contributed by atoms with Crippen LogP contribution in [0.25, 0.3) is 0 Å². The van der Waals surface area contributed by atoms with Gasteiger partial charge >= 0.3 is 0 Å². The van der Waals surface area contributed by atoms with E-state index in [4.69, 9.17) is 23.2 Å². The molecule has 0 atom stereocenters. The minimum atomic E-state index is 0.221. The molecule has 0 saturated heterocycles. The second kappa shape index (κ2) is 6.85. The fraction of sp³-hybridized carbons (Fsp3) is 0.368. The maximum atomic E-state index is 6.04. The van der Waals surface area contributed by atoms with Gasteiger partial charge in [0.25, 0.3) is 0 Å². The molecule has 2 rings (SSSR count). The van der Waals surface area contributed by atoms with Crippen molar-refractivity contribution >= 4 is 23.2 Å². The number of aryl methyl sites for hydroxylation is 2. The van der Waals surface area contributed by atoms with Crippen molar-refractivity contribution in [2.24, 2.45) is 0 Å². The van der Waals surface area contributed by atoms with E-state index < -0.39 is 0 Å². The van der Waals surface area contributed by atoms with Crippen molar-refractivity contribution in [1.82, 2.24) is 0 Å². The van der Waals surface area contributed by atoms with Crippen molar-refractivity contribution in [1.29, 1.82) is 0 Å². The molecule has 0 N–H and O–H groups in total. The van der Waals surface area contributed by atoms with Gasteiger partial charge in [-0.25, -0.2) is 0 Å². The molecule has 0 saturated carbocycles. The number of hydrogen-bond acceptors (Lipinski definition) is 0. The lowest BCUT2D eigenvalue weighted by molar-refractivity contribution is 0.590. The summed E-state index contributed by atoms with van der Waals surface area (Å²) in [4.78, 5) is 0. The molecule has 0 aliphatic heterocycles. The Bertz CT molecular complexity index is 592. The highest BCUT2D eigenvalue weighted by atomic mass is 35.5. The van der Waals surface area contributed by atoms with Crippen LogP contribution in [0, 0.1) is 0 Å².